The van der Waals surface area contributed by atoms with Crippen LogP contribution >= 0.6 is 0 Å². The van der Waals surface area contributed by atoms with Crippen LogP contribution in [-0.4, -0.2) is 44.8 Å². The van der Waals surface area contributed by atoms with E-state index in [-0.39, 0.29) is 17.6 Å². The van der Waals surface area contributed by atoms with Crippen molar-refractivity contribution in [3.8, 4) is 0 Å². The first kappa shape index (κ1) is 22.8. The van der Waals surface area contributed by atoms with Gasteiger partial charge in [-0.3, -0.25) is 4.79 Å². The van der Waals surface area contributed by atoms with Crippen molar-refractivity contribution >= 4 is 27.3 Å². The maximum atomic E-state index is 12.8. The molecule has 0 aromatic heterocycles. The Kier molecular flexibility index (Phi) is 7.16. The summed E-state index contributed by atoms with van der Waals surface area (Å²) >= 11 is 0. The van der Waals surface area contributed by atoms with Crippen molar-refractivity contribution in [1.29, 1.82) is 0 Å². The first-order chi connectivity index (χ1) is 15.4. The minimum Gasteiger partial charge on any atom is -0.372 e. The highest BCUT2D eigenvalue weighted by Crippen LogP contribution is 2.25. The van der Waals surface area contributed by atoms with Crippen LogP contribution in [-0.2, 0) is 20.6 Å². The zero-order valence-corrected chi connectivity index (χ0v) is 19.6. The summed E-state index contributed by atoms with van der Waals surface area (Å²) < 4.78 is 27.2. The third-order valence-electron chi connectivity index (χ3n) is 6.51. The number of carbonyl (C=O) groups excluding carboxylic acids is 1. The molecule has 32 heavy (non-hydrogen) atoms. The monoisotopic (exact) mass is 455 g/mol. The van der Waals surface area contributed by atoms with Crippen LogP contribution < -0.4 is 10.2 Å². The Morgan fingerprint density at radius 3 is 2.31 bits per heavy atom. The van der Waals surface area contributed by atoms with Crippen molar-refractivity contribution in [2.45, 2.75) is 44.8 Å². The molecule has 2 aliphatic rings. The second-order valence-corrected chi connectivity index (χ2v) is 11.0. The predicted molar refractivity (Wildman–Crippen MR) is 129 cm³/mol. The molecule has 0 spiro atoms. The number of anilines is 2. The van der Waals surface area contributed by atoms with Gasteiger partial charge >= 0.3 is 0 Å². The molecule has 2 fully saturated rings. The van der Waals surface area contributed by atoms with Gasteiger partial charge in [0.25, 0.3) is 0 Å². The molecule has 4 rings (SSSR count). The maximum Gasteiger partial charge on any atom is 0.227 e. The molecule has 2 aromatic rings. The van der Waals surface area contributed by atoms with Crippen LogP contribution in [0.5, 0.6) is 0 Å². The lowest BCUT2D eigenvalue weighted by molar-refractivity contribution is -0.120. The fraction of sp³-hybridized carbons (Fsp3) is 0.480. The fourth-order valence-corrected chi connectivity index (χ4v) is 6.20. The quantitative estimate of drug-likeness (QED) is 0.710. The Bertz CT molecular complexity index is 1020. The first-order valence-corrected chi connectivity index (χ1v) is 13.2. The zero-order chi connectivity index (χ0) is 22.6. The molecule has 7 heteroatoms. The highest BCUT2D eigenvalue weighted by Gasteiger charge is 2.31. The lowest BCUT2D eigenvalue weighted by Gasteiger charge is -2.31. The van der Waals surface area contributed by atoms with Gasteiger partial charge in [-0.15, -0.1) is 0 Å². The van der Waals surface area contributed by atoms with E-state index in [1.54, 1.807) is 0 Å². The first-order valence-electron chi connectivity index (χ1n) is 11.6. The summed E-state index contributed by atoms with van der Waals surface area (Å²) in [4.78, 5) is 15.1. The summed E-state index contributed by atoms with van der Waals surface area (Å²) in [5.74, 6) is -0.178. The lowest BCUT2D eigenvalue weighted by Crippen LogP contribution is -2.41. The third kappa shape index (κ3) is 5.70. The van der Waals surface area contributed by atoms with Gasteiger partial charge in [0.1, 0.15) is 0 Å². The number of nitrogens with zero attached hydrogens (tertiary/aromatic N) is 2. The van der Waals surface area contributed by atoms with Crippen molar-refractivity contribution in [2.24, 2.45) is 5.92 Å². The molecule has 2 heterocycles. The smallest absolute Gasteiger partial charge is 0.227 e. The van der Waals surface area contributed by atoms with Crippen LogP contribution in [0.15, 0.2) is 48.5 Å². The standard InChI is InChI=1S/C25H33N3O3S/c1-20-6-5-7-21(18-20)19-32(30,31)28-16-12-22(13-17-28)25(29)26-23-8-10-24(11-9-23)27-14-3-2-4-15-27/h5-11,18,22H,2-4,12-17,19H2,1H3,(H,26,29). The predicted octanol–water partition coefficient (Wildman–Crippen LogP) is 4.17. The Morgan fingerprint density at radius 2 is 1.66 bits per heavy atom. The highest BCUT2D eigenvalue weighted by atomic mass is 32.2. The van der Waals surface area contributed by atoms with Crippen LogP contribution in [0.4, 0.5) is 11.4 Å². The Labute approximate surface area is 191 Å². The van der Waals surface area contributed by atoms with Crippen LogP contribution in [0.25, 0.3) is 0 Å². The topological polar surface area (TPSA) is 69.7 Å². The van der Waals surface area contributed by atoms with E-state index < -0.39 is 10.0 Å². The number of hydrogen-bond acceptors (Lipinski definition) is 4. The van der Waals surface area contributed by atoms with Crippen molar-refractivity contribution in [3.05, 3.63) is 59.7 Å². The number of nitrogens with one attached hydrogen (secondary N) is 1. The summed E-state index contributed by atoms with van der Waals surface area (Å²) in [6.45, 7) is 4.93. The van der Waals surface area contributed by atoms with E-state index in [1.165, 1.54) is 29.3 Å². The van der Waals surface area contributed by atoms with Crippen LogP contribution in [0.3, 0.4) is 0 Å². The number of carbonyl (C=O) groups is 1. The fourth-order valence-electron chi connectivity index (χ4n) is 4.65. The summed E-state index contributed by atoms with van der Waals surface area (Å²) in [7, 11) is -3.38. The molecule has 0 unspecified atom stereocenters. The number of aryl methyl sites for hydroxylation is 1. The second kappa shape index (κ2) is 10.0. The number of amides is 1. The molecule has 2 aliphatic heterocycles. The van der Waals surface area contributed by atoms with Crippen molar-refractivity contribution < 1.29 is 13.2 Å². The van der Waals surface area contributed by atoms with E-state index in [0.29, 0.717) is 25.9 Å². The number of sulfonamides is 1. The van der Waals surface area contributed by atoms with Gasteiger partial charge in [-0.25, -0.2) is 12.7 Å². The Hall–Kier alpha value is -2.38. The number of benzene rings is 2. The normalized spacial score (nSPS) is 18.5. The summed E-state index contributed by atoms with van der Waals surface area (Å²) in [6.07, 6.45) is 4.86. The Morgan fingerprint density at radius 1 is 0.969 bits per heavy atom. The molecule has 2 aromatic carbocycles. The number of rotatable bonds is 6. The molecule has 6 nitrogen and oxygen atoms in total. The minimum atomic E-state index is -3.38. The van der Waals surface area contributed by atoms with E-state index in [4.69, 9.17) is 0 Å². The average molecular weight is 456 g/mol. The lowest BCUT2D eigenvalue weighted by atomic mass is 9.97. The third-order valence-corrected chi connectivity index (χ3v) is 8.36. The number of piperidine rings is 2. The van der Waals surface area contributed by atoms with Crippen LogP contribution in [0.1, 0.15) is 43.2 Å². The summed E-state index contributed by atoms with van der Waals surface area (Å²) in [5.41, 5.74) is 3.86. The van der Waals surface area contributed by atoms with E-state index >= 15 is 0 Å². The number of hydrogen-bond donors (Lipinski definition) is 1. The zero-order valence-electron chi connectivity index (χ0n) is 18.8. The van der Waals surface area contributed by atoms with Gasteiger partial charge in [0.15, 0.2) is 0 Å². The van der Waals surface area contributed by atoms with E-state index in [9.17, 15) is 13.2 Å². The molecule has 1 amide bonds. The van der Waals surface area contributed by atoms with Gasteiger partial charge in [-0.05, 0) is 68.9 Å². The average Bonchev–Trinajstić information content (AvgIpc) is 2.80. The van der Waals surface area contributed by atoms with Crippen molar-refractivity contribution in [1.82, 2.24) is 4.31 Å². The molecule has 0 bridgehead atoms. The van der Waals surface area contributed by atoms with Gasteiger partial charge in [0.05, 0.1) is 5.75 Å². The maximum absolute atomic E-state index is 12.8. The molecular weight excluding hydrogens is 422 g/mol. The van der Waals surface area contributed by atoms with Crippen LogP contribution in [0, 0.1) is 12.8 Å². The van der Waals surface area contributed by atoms with E-state index in [0.717, 1.165) is 29.9 Å². The molecule has 0 saturated carbocycles. The van der Waals surface area contributed by atoms with Gasteiger partial charge < -0.3 is 10.2 Å². The molecule has 0 radical (unpaired) electrons. The summed E-state index contributed by atoms with van der Waals surface area (Å²) in [5, 5.41) is 3.02. The molecule has 172 valence electrons. The minimum absolute atomic E-state index is 0.00884. The second-order valence-electron chi connectivity index (χ2n) is 9.00. The molecule has 2 saturated heterocycles. The van der Waals surface area contributed by atoms with Crippen molar-refractivity contribution in [3.63, 3.8) is 0 Å². The van der Waals surface area contributed by atoms with E-state index in [1.807, 2.05) is 43.3 Å². The molecule has 0 aliphatic carbocycles. The van der Waals surface area contributed by atoms with Gasteiger partial charge in [0.2, 0.25) is 15.9 Å². The Balaban J connectivity index is 1.28. The highest BCUT2D eigenvalue weighted by molar-refractivity contribution is 7.88. The van der Waals surface area contributed by atoms with Gasteiger partial charge in [-0.1, -0.05) is 29.8 Å². The largest absolute Gasteiger partial charge is 0.372 e. The van der Waals surface area contributed by atoms with Crippen molar-refractivity contribution in [2.75, 3.05) is 36.4 Å². The SMILES string of the molecule is Cc1cccc(CS(=O)(=O)N2CCC(C(=O)Nc3ccc(N4CCCCC4)cc3)CC2)c1. The molecule has 0 atom stereocenters. The van der Waals surface area contributed by atoms with Gasteiger partial charge in [-0.2, -0.15) is 0 Å². The van der Waals surface area contributed by atoms with Gasteiger partial charge in [0, 0.05) is 43.5 Å². The molecular formula is C25H33N3O3S. The summed E-state index contributed by atoms with van der Waals surface area (Å²) in [6, 6.07) is 15.7. The van der Waals surface area contributed by atoms with Crippen LogP contribution in [0.2, 0.25) is 0 Å². The van der Waals surface area contributed by atoms with E-state index in [2.05, 4.69) is 22.3 Å². The molecule has 1 N–H and O–H groups in total.